The first-order valence-corrected chi connectivity index (χ1v) is 7.11. The van der Waals surface area contributed by atoms with E-state index in [1.165, 1.54) is 11.3 Å². The topological polar surface area (TPSA) is 59.2 Å². The van der Waals surface area contributed by atoms with Crippen LogP contribution in [-0.4, -0.2) is 34.4 Å². The van der Waals surface area contributed by atoms with Gasteiger partial charge in [-0.25, -0.2) is 4.98 Å². The van der Waals surface area contributed by atoms with Crippen LogP contribution in [0.15, 0.2) is 10.9 Å². The quantitative estimate of drug-likeness (QED) is 0.894. The van der Waals surface area contributed by atoms with Crippen molar-refractivity contribution < 1.29 is 4.79 Å². The van der Waals surface area contributed by atoms with E-state index in [2.05, 4.69) is 4.98 Å². The number of nitrogens with two attached hydrogens (primary N) is 1. The molecule has 0 radical (unpaired) electrons. The molecule has 1 heterocycles. The Morgan fingerprint density at radius 2 is 2.24 bits per heavy atom. The van der Waals surface area contributed by atoms with Gasteiger partial charge in [0.2, 0.25) is 0 Å². The summed E-state index contributed by atoms with van der Waals surface area (Å²) in [7, 11) is 0. The second kappa shape index (κ2) is 5.60. The average molecular weight is 253 g/mol. The lowest BCUT2D eigenvalue weighted by molar-refractivity contribution is 0.0635. The van der Waals surface area contributed by atoms with Gasteiger partial charge in [0.25, 0.3) is 5.91 Å². The van der Waals surface area contributed by atoms with Crippen molar-refractivity contribution in [2.45, 2.75) is 44.7 Å². The van der Waals surface area contributed by atoms with Crippen LogP contribution in [0.4, 0.5) is 0 Å². The van der Waals surface area contributed by atoms with E-state index >= 15 is 0 Å². The van der Waals surface area contributed by atoms with Crippen molar-refractivity contribution in [2.75, 3.05) is 6.54 Å². The number of aromatic nitrogens is 1. The fourth-order valence-corrected chi connectivity index (χ4v) is 2.97. The third-order valence-corrected chi connectivity index (χ3v) is 4.02. The zero-order valence-corrected chi connectivity index (χ0v) is 10.9. The Bertz CT molecular complexity index is 358. The molecule has 94 valence electrons. The Kier molecular flexibility index (Phi) is 4.12. The first-order chi connectivity index (χ1) is 8.22. The second-order valence-electron chi connectivity index (χ2n) is 4.53. The van der Waals surface area contributed by atoms with Crippen molar-refractivity contribution in [3.8, 4) is 0 Å². The van der Waals surface area contributed by atoms with Crippen molar-refractivity contribution in [3.05, 3.63) is 16.6 Å². The monoisotopic (exact) mass is 253 g/mol. The molecule has 0 spiro atoms. The molecule has 1 fully saturated rings. The largest absolute Gasteiger partial charge is 0.335 e. The van der Waals surface area contributed by atoms with Gasteiger partial charge < -0.3 is 10.6 Å². The van der Waals surface area contributed by atoms with E-state index in [1.54, 1.807) is 5.51 Å². The van der Waals surface area contributed by atoms with Gasteiger partial charge >= 0.3 is 0 Å². The maximum atomic E-state index is 12.3. The summed E-state index contributed by atoms with van der Waals surface area (Å²) in [5.74, 6) is 0.0641. The van der Waals surface area contributed by atoms with E-state index in [-0.39, 0.29) is 5.91 Å². The molecule has 17 heavy (non-hydrogen) atoms. The molecule has 4 nitrogen and oxygen atoms in total. The first-order valence-electron chi connectivity index (χ1n) is 6.17. The maximum Gasteiger partial charge on any atom is 0.273 e. The summed E-state index contributed by atoms with van der Waals surface area (Å²) >= 11 is 1.46. The van der Waals surface area contributed by atoms with Crippen LogP contribution in [0.1, 0.15) is 43.1 Å². The van der Waals surface area contributed by atoms with Crippen molar-refractivity contribution in [1.29, 1.82) is 0 Å². The molecule has 1 aromatic rings. The standard InChI is InChI=1S/C12H19N3OS/c1-2-15(10-5-3-9(13)4-6-10)12(16)11-7-17-8-14-11/h7-10H,2-6,13H2,1H3. The Morgan fingerprint density at radius 1 is 1.53 bits per heavy atom. The van der Waals surface area contributed by atoms with Crippen molar-refractivity contribution in [2.24, 2.45) is 5.73 Å². The van der Waals surface area contributed by atoms with Gasteiger partial charge in [0, 0.05) is 24.0 Å². The highest BCUT2D eigenvalue weighted by Crippen LogP contribution is 2.23. The molecular formula is C12H19N3OS. The van der Waals surface area contributed by atoms with Gasteiger partial charge in [-0.05, 0) is 32.6 Å². The third kappa shape index (κ3) is 2.84. The van der Waals surface area contributed by atoms with E-state index in [0.717, 1.165) is 32.2 Å². The van der Waals surface area contributed by atoms with Gasteiger partial charge in [-0.3, -0.25) is 4.79 Å². The molecule has 1 saturated carbocycles. The van der Waals surface area contributed by atoms with Crippen molar-refractivity contribution >= 4 is 17.2 Å². The Labute approximate surface area is 106 Å². The summed E-state index contributed by atoms with van der Waals surface area (Å²) in [6.07, 6.45) is 4.08. The zero-order valence-electron chi connectivity index (χ0n) is 10.1. The molecule has 1 aliphatic carbocycles. The maximum absolute atomic E-state index is 12.3. The lowest BCUT2D eigenvalue weighted by Gasteiger charge is -2.35. The van der Waals surface area contributed by atoms with Crippen LogP contribution in [-0.2, 0) is 0 Å². The van der Waals surface area contributed by atoms with E-state index < -0.39 is 0 Å². The lowest BCUT2D eigenvalue weighted by Crippen LogP contribution is -2.44. The smallest absolute Gasteiger partial charge is 0.273 e. The molecule has 0 aromatic carbocycles. The number of amides is 1. The zero-order chi connectivity index (χ0) is 12.3. The lowest BCUT2D eigenvalue weighted by atomic mass is 9.90. The molecule has 2 rings (SSSR count). The molecule has 0 bridgehead atoms. The summed E-state index contributed by atoms with van der Waals surface area (Å²) in [5.41, 5.74) is 8.18. The highest BCUT2D eigenvalue weighted by atomic mass is 32.1. The fraction of sp³-hybridized carbons (Fsp3) is 0.667. The molecule has 1 amide bonds. The first kappa shape index (κ1) is 12.5. The fourth-order valence-electron chi connectivity index (χ4n) is 2.45. The van der Waals surface area contributed by atoms with Crippen molar-refractivity contribution in [3.63, 3.8) is 0 Å². The van der Waals surface area contributed by atoms with E-state index in [0.29, 0.717) is 17.8 Å². The third-order valence-electron chi connectivity index (χ3n) is 3.44. The predicted octanol–water partition coefficient (Wildman–Crippen LogP) is 1.88. The average Bonchev–Trinajstić information content (AvgIpc) is 2.86. The van der Waals surface area contributed by atoms with Crippen LogP contribution < -0.4 is 5.73 Å². The highest BCUT2D eigenvalue weighted by Gasteiger charge is 2.27. The molecule has 0 aliphatic heterocycles. The molecule has 0 saturated heterocycles. The highest BCUT2D eigenvalue weighted by molar-refractivity contribution is 7.07. The van der Waals surface area contributed by atoms with Crippen LogP contribution in [0.25, 0.3) is 0 Å². The van der Waals surface area contributed by atoms with Crippen LogP contribution in [0.2, 0.25) is 0 Å². The Morgan fingerprint density at radius 3 is 2.76 bits per heavy atom. The van der Waals surface area contributed by atoms with E-state index in [9.17, 15) is 4.79 Å². The van der Waals surface area contributed by atoms with E-state index in [4.69, 9.17) is 5.73 Å². The Hall–Kier alpha value is -0.940. The number of carbonyl (C=O) groups excluding carboxylic acids is 1. The molecule has 1 aliphatic rings. The van der Waals surface area contributed by atoms with Crippen LogP contribution >= 0.6 is 11.3 Å². The van der Waals surface area contributed by atoms with Gasteiger partial charge in [-0.15, -0.1) is 11.3 Å². The summed E-state index contributed by atoms with van der Waals surface area (Å²) in [4.78, 5) is 18.3. The van der Waals surface area contributed by atoms with Gasteiger partial charge in [-0.2, -0.15) is 0 Å². The van der Waals surface area contributed by atoms with Gasteiger partial charge in [-0.1, -0.05) is 0 Å². The number of nitrogens with zero attached hydrogens (tertiary/aromatic N) is 2. The Balaban J connectivity index is 2.03. The predicted molar refractivity (Wildman–Crippen MR) is 69.1 cm³/mol. The number of hydrogen-bond acceptors (Lipinski definition) is 4. The summed E-state index contributed by atoms with van der Waals surface area (Å²) in [6, 6.07) is 0.660. The van der Waals surface area contributed by atoms with Gasteiger partial charge in [0.05, 0.1) is 5.51 Å². The molecule has 2 N–H and O–H groups in total. The minimum absolute atomic E-state index is 0.0641. The summed E-state index contributed by atoms with van der Waals surface area (Å²) in [5, 5.41) is 1.82. The minimum atomic E-state index is 0.0641. The van der Waals surface area contributed by atoms with Crippen molar-refractivity contribution in [1.82, 2.24) is 9.88 Å². The second-order valence-corrected chi connectivity index (χ2v) is 5.25. The van der Waals surface area contributed by atoms with Crippen LogP contribution in [0.3, 0.4) is 0 Å². The number of thiazole rings is 1. The van der Waals surface area contributed by atoms with Crippen LogP contribution in [0.5, 0.6) is 0 Å². The van der Waals surface area contributed by atoms with Gasteiger partial charge in [0.15, 0.2) is 0 Å². The summed E-state index contributed by atoms with van der Waals surface area (Å²) < 4.78 is 0. The SMILES string of the molecule is CCN(C(=O)c1cscn1)C1CCC(N)CC1. The number of hydrogen-bond donors (Lipinski definition) is 1. The van der Waals surface area contributed by atoms with Crippen LogP contribution in [0, 0.1) is 0 Å². The molecule has 5 heteroatoms. The van der Waals surface area contributed by atoms with Gasteiger partial charge in [0.1, 0.15) is 5.69 Å². The molecule has 0 unspecified atom stereocenters. The molecule has 0 atom stereocenters. The number of carbonyl (C=O) groups is 1. The van der Waals surface area contributed by atoms with E-state index in [1.807, 2.05) is 17.2 Å². The normalized spacial score (nSPS) is 24.6. The minimum Gasteiger partial charge on any atom is -0.335 e. The number of rotatable bonds is 3. The molecule has 1 aromatic heterocycles. The summed E-state index contributed by atoms with van der Waals surface area (Å²) in [6.45, 7) is 2.77. The molecular weight excluding hydrogens is 234 g/mol.